The molecule has 2 saturated heterocycles. The van der Waals surface area contributed by atoms with Crippen molar-refractivity contribution in [3.63, 3.8) is 0 Å². The Morgan fingerprint density at radius 2 is 1.38 bits per heavy atom. The Morgan fingerprint density at radius 3 is 1.93 bits per heavy atom. The molecule has 0 saturated carbocycles. The fourth-order valence-corrected chi connectivity index (χ4v) is 8.22. The number of imide groups is 1. The van der Waals surface area contributed by atoms with Crippen molar-refractivity contribution in [2.45, 2.75) is 54.2 Å². The van der Waals surface area contributed by atoms with Crippen LogP contribution < -0.4 is 0 Å². The van der Waals surface area contributed by atoms with Crippen molar-refractivity contribution in [3.8, 4) is 0 Å². The Labute approximate surface area is 267 Å². The Kier molecular flexibility index (Phi) is 8.09. The van der Waals surface area contributed by atoms with Gasteiger partial charge in [0.05, 0.1) is 32.1 Å². The Morgan fingerprint density at radius 1 is 0.822 bits per heavy atom. The predicted octanol–water partition coefficient (Wildman–Crippen LogP) is 4.66. The maximum atomic E-state index is 14.2. The first-order valence-corrected chi connectivity index (χ1v) is 19.2. The van der Waals surface area contributed by atoms with Gasteiger partial charge in [-0.1, -0.05) is 30.3 Å². The zero-order valence-corrected chi connectivity index (χ0v) is 27.7. The molecule has 1 aromatic heterocycles. The molecule has 13 heteroatoms. The van der Waals surface area contributed by atoms with Crippen molar-refractivity contribution in [2.75, 3.05) is 25.6 Å². The standard InChI is InChI=1S/C32H34N4O6S3/c1-22(25-8-13-29-28(18-25)33-21-43-29)34-16-14-32(15-17-34)30(37)35(19-23-4-9-26(10-5-23)44(2,39)40)31(38)36(32)20-24-6-11-27(12-7-24)45(3,41)42/h4-13,18,21-22H,14-17,19-20H2,1-3H3. The number of urea groups is 1. The molecular weight excluding hydrogens is 633 g/mol. The van der Waals surface area contributed by atoms with E-state index in [2.05, 4.69) is 35.0 Å². The van der Waals surface area contributed by atoms with E-state index in [-0.39, 0.29) is 34.8 Å². The molecule has 1 atom stereocenters. The number of piperidine rings is 1. The van der Waals surface area contributed by atoms with Gasteiger partial charge in [0.1, 0.15) is 5.54 Å². The van der Waals surface area contributed by atoms with Crippen LogP contribution in [-0.2, 0) is 37.6 Å². The molecule has 3 aromatic carbocycles. The number of hydrogen-bond acceptors (Lipinski definition) is 9. The maximum absolute atomic E-state index is 14.2. The van der Waals surface area contributed by atoms with E-state index in [0.29, 0.717) is 31.5 Å². The van der Waals surface area contributed by atoms with Gasteiger partial charge in [-0.05, 0) is 72.9 Å². The summed E-state index contributed by atoms with van der Waals surface area (Å²) < 4.78 is 49.0. The third kappa shape index (κ3) is 6.01. The van der Waals surface area contributed by atoms with Gasteiger partial charge in [-0.2, -0.15) is 0 Å². The van der Waals surface area contributed by atoms with E-state index in [1.54, 1.807) is 40.5 Å². The molecule has 3 amide bonds. The third-order valence-corrected chi connectivity index (χ3v) is 12.1. The van der Waals surface area contributed by atoms with E-state index in [0.717, 1.165) is 33.9 Å². The SMILES string of the molecule is CC(c1ccc2scnc2c1)N1CCC2(CC1)C(=O)N(Cc1ccc(S(C)(=O)=O)cc1)C(=O)N2Cc1ccc(S(C)(=O)=O)cc1. The summed E-state index contributed by atoms with van der Waals surface area (Å²) in [6, 6.07) is 18.6. The van der Waals surface area contributed by atoms with Crippen LogP contribution in [0.25, 0.3) is 10.2 Å². The fourth-order valence-electron chi connectivity index (χ4n) is 6.30. The first-order valence-electron chi connectivity index (χ1n) is 14.5. The van der Waals surface area contributed by atoms with Crippen LogP contribution in [-0.4, -0.2) is 79.6 Å². The van der Waals surface area contributed by atoms with Crippen LogP contribution in [0, 0.1) is 0 Å². The Balaban J connectivity index is 1.27. The number of sulfone groups is 2. The molecule has 4 aromatic rings. The molecule has 0 bridgehead atoms. The van der Waals surface area contributed by atoms with Crippen LogP contribution in [0.5, 0.6) is 0 Å². The molecule has 6 rings (SSSR count). The largest absolute Gasteiger partial charge is 0.328 e. The normalized spacial score (nSPS) is 18.3. The summed E-state index contributed by atoms with van der Waals surface area (Å²) in [5, 5.41) is 0. The summed E-state index contributed by atoms with van der Waals surface area (Å²) in [5.41, 5.74) is 4.23. The third-order valence-electron chi connectivity index (χ3n) is 9.02. The zero-order valence-electron chi connectivity index (χ0n) is 25.2. The highest BCUT2D eigenvalue weighted by molar-refractivity contribution is 7.91. The highest BCUT2D eigenvalue weighted by Gasteiger charge is 2.58. The van der Waals surface area contributed by atoms with Crippen molar-refractivity contribution in [3.05, 3.63) is 88.9 Å². The van der Waals surface area contributed by atoms with E-state index in [1.807, 2.05) is 5.51 Å². The smallest absolute Gasteiger partial charge is 0.305 e. The van der Waals surface area contributed by atoms with Crippen LogP contribution in [0.15, 0.2) is 82.0 Å². The molecule has 0 N–H and O–H groups in total. The zero-order chi connectivity index (χ0) is 32.1. The molecule has 45 heavy (non-hydrogen) atoms. The predicted molar refractivity (Wildman–Crippen MR) is 172 cm³/mol. The first-order chi connectivity index (χ1) is 21.3. The molecule has 2 aliphatic rings. The average molecular weight is 667 g/mol. The van der Waals surface area contributed by atoms with Gasteiger partial charge < -0.3 is 4.90 Å². The number of hydrogen-bond donors (Lipinski definition) is 0. The number of likely N-dealkylation sites (tertiary alicyclic amines) is 1. The van der Waals surface area contributed by atoms with E-state index < -0.39 is 31.2 Å². The second-order valence-electron chi connectivity index (χ2n) is 11.9. The molecule has 10 nitrogen and oxygen atoms in total. The lowest BCUT2D eigenvalue weighted by Gasteiger charge is -2.44. The van der Waals surface area contributed by atoms with Crippen LogP contribution in [0.1, 0.15) is 42.5 Å². The van der Waals surface area contributed by atoms with Gasteiger partial charge in [0, 0.05) is 38.2 Å². The van der Waals surface area contributed by atoms with Gasteiger partial charge in [0.25, 0.3) is 5.91 Å². The van der Waals surface area contributed by atoms with E-state index in [9.17, 15) is 26.4 Å². The van der Waals surface area contributed by atoms with Gasteiger partial charge in [-0.15, -0.1) is 11.3 Å². The summed E-state index contributed by atoms with van der Waals surface area (Å²) in [5.74, 6) is -0.274. The topological polar surface area (TPSA) is 125 Å². The van der Waals surface area contributed by atoms with E-state index in [1.165, 1.54) is 29.2 Å². The number of carbonyl (C=O) groups is 2. The average Bonchev–Trinajstić information content (AvgIpc) is 3.55. The number of benzene rings is 3. The van der Waals surface area contributed by atoms with Crippen LogP contribution in [0.3, 0.4) is 0 Å². The van der Waals surface area contributed by atoms with Gasteiger partial charge in [0.15, 0.2) is 19.7 Å². The molecule has 1 unspecified atom stereocenters. The fraction of sp³-hybridized carbons (Fsp3) is 0.344. The number of thiazole rings is 1. The van der Waals surface area contributed by atoms with Crippen LogP contribution in [0.2, 0.25) is 0 Å². The van der Waals surface area contributed by atoms with Gasteiger partial charge in [-0.25, -0.2) is 26.6 Å². The van der Waals surface area contributed by atoms with Crippen LogP contribution >= 0.6 is 11.3 Å². The molecule has 0 aliphatic carbocycles. The number of rotatable bonds is 8. The lowest BCUT2D eigenvalue weighted by Crippen LogP contribution is -2.56. The number of amides is 3. The van der Waals surface area contributed by atoms with Crippen molar-refractivity contribution >= 4 is 53.2 Å². The second kappa shape index (κ2) is 11.6. The minimum Gasteiger partial charge on any atom is -0.305 e. The van der Waals surface area contributed by atoms with Gasteiger partial charge >= 0.3 is 6.03 Å². The second-order valence-corrected chi connectivity index (χ2v) is 16.8. The molecule has 3 heterocycles. The number of fused-ring (bicyclic) bond motifs is 1. The maximum Gasteiger partial charge on any atom is 0.328 e. The van der Waals surface area contributed by atoms with Crippen molar-refractivity contribution in [1.82, 2.24) is 19.7 Å². The Bertz CT molecular complexity index is 1980. The molecule has 0 radical (unpaired) electrons. The quantitative estimate of drug-likeness (QED) is 0.249. The van der Waals surface area contributed by atoms with E-state index in [4.69, 9.17) is 0 Å². The highest BCUT2D eigenvalue weighted by Crippen LogP contribution is 2.41. The van der Waals surface area contributed by atoms with Crippen molar-refractivity contribution in [1.29, 1.82) is 0 Å². The van der Waals surface area contributed by atoms with Gasteiger partial charge in [-0.3, -0.25) is 14.6 Å². The lowest BCUT2D eigenvalue weighted by atomic mass is 9.84. The monoisotopic (exact) mass is 666 g/mol. The van der Waals surface area contributed by atoms with Crippen molar-refractivity contribution in [2.24, 2.45) is 0 Å². The van der Waals surface area contributed by atoms with Gasteiger partial charge in [0.2, 0.25) is 0 Å². The minimum atomic E-state index is -3.39. The first kappa shape index (κ1) is 31.3. The molecule has 2 aliphatic heterocycles. The molecule has 236 valence electrons. The summed E-state index contributed by atoms with van der Waals surface area (Å²) >= 11 is 1.60. The summed E-state index contributed by atoms with van der Waals surface area (Å²) in [6.07, 6.45) is 3.14. The van der Waals surface area contributed by atoms with E-state index >= 15 is 0 Å². The molecular formula is C32H34N4O6S3. The molecule has 2 fully saturated rings. The summed E-state index contributed by atoms with van der Waals surface area (Å²) in [7, 11) is -6.77. The van der Waals surface area contributed by atoms with Crippen molar-refractivity contribution < 1.29 is 26.4 Å². The minimum absolute atomic E-state index is 0.0146. The molecule has 1 spiro atoms. The summed E-state index contributed by atoms with van der Waals surface area (Å²) in [4.78, 5) is 38.3. The number of carbonyl (C=O) groups excluding carboxylic acids is 2. The Hall–Kier alpha value is -3.65. The number of nitrogens with zero attached hydrogens (tertiary/aromatic N) is 4. The highest BCUT2D eigenvalue weighted by atomic mass is 32.2. The van der Waals surface area contributed by atoms with Crippen LogP contribution in [0.4, 0.5) is 4.79 Å². The lowest BCUT2D eigenvalue weighted by molar-refractivity contribution is -0.136. The summed E-state index contributed by atoms with van der Waals surface area (Å²) in [6.45, 7) is 3.49. The number of aromatic nitrogens is 1.